The number of fused-ring (bicyclic) bond motifs is 1. The minimum Gasteiger partial charge on any atom is -0.478 e. The highest BCUT2D eigenvalue weighted by Gasteiger charge is 2.18. The Morgan fingerprint density at radius 3 is 2.70 bits per heavy atom. The van der Waals surface area contributed by atoms with E-state index in [-0.39, 0.29) is 10.6 Å². The molecule has 0 saturated heterocycles. The summed E-state index contributed by atoms with van der Waals surface area (Å²) in [6.07, 6.45) is 0. The van der Waals surface area contributed by atoms with Crippen molar-refractivity contribution >= 4 is 28.6 Å². The van der Waals surface area contributed by atoms with Crippen molar-refractivity contribution in [2.75, 3.05) is 0 Å². The highest BCUT2D eigenvalue weighted by molar-refractivity contribution is 6.34. The molecule has 1 heterocycles. The summed E-state index contributed by atoms with van der Waals surface area (Å²) < 4.78 is 1.81. The van der Waals surface area contributed by atoms with Gasteiger partial charge in [0.1, 0.15) is 11.4 Å². The Morgan fingerprint density at radius 2 is 1.95 bits per heavy atom. The second kappa shape index (κ2) is 4.65. The van der Waals surface area contributed by atoms with Crippen molar-refractivity contribution < 1.29 is 9.90 Å². The summed E-state index contributed by atoms with van der Waals surface area (Å²) in [5.41, 5.74) is 2.28. The maximum atomic E-state index is 11.5. The van der Waals surface area contributed by atoms with Gasteiger partial charge >= 0.3 is 5.97 Å². The molecule has 0 spiro atoms. The van der Waals surface area contributed by atoms with Gasteiger partial charge in [-0.05, 0) is 31.2 Å². The number of aromatic carboxylic acids is 1. The summed E-state index contributed by atoms with van der Waals surface area (Å²) in [7, 11) is 0. The molecule has 1 N–H and O–H groups in total. The normalized spacial score (nSPS) is 10.9. The van der Waals surface area contributed by atoms with E-state index in [0.29, 0.717) is 5.69 Å². The number of hydrogen-bond donors (Lipinski definition) is 1. The molecular weight excluding hydrogens is 276 g/mol. The second-order valence-corrected chi connectivity index (χ2v) is 4.83. The number of hydrogen-bond acceptors (Lipinski definition) is 2. The Bertz CT molecular complexity index is 824. The average Bonchev–Trinajstić information content (AvgIpc) is 2.73. The Kier molecular flexibility index (Phi) is 2.95. The van der Waals surface area contributed by atoms with Crippen LogP contribution in [0.1, 0.15) is 16.2 Å². The van der Waals surface area contributed by atoms with E-state index >= 15 is 0 Å². The summed E-state index contributed by atoms with van der Waals surface area (Å²) in [4.78, 5) is 15.9. The predicted molar refractivity (Wildman–Crippen MR) is 77.8 cm³/mol. The van der Waals surface area contributed by atoms with Gasteiger partial charge in [0, 0.05) is 0 Å². The molecule has 0 radical (unpaired) electrons. The molecule has 2 aromatic carbocycles. The third-order valence-electron chi connectivity index (χ3n) is 3.17. The molecule has 1 aromatic heterocycles. The quantitative estimate of drug-likeness (QED) is 0.782. The van der Waals surface area contributed by atoms with Crippen LogP contribution in [0.3, 0.4) is 0 Å². The van der Waals surface area contributed by atoms with Gasteiger partial charge in [0.05, 0.1) is 21.7 Å². The summed E-state index contributed by atoms with van der Waals surface area (Å²) in [6, 6.07) is 12.6. The summed E-state index contributed by atoms with van der Waals surface area (Å²) in [5, 5.41) is 9.61. The molecule has 0 fully saturated rings. The highest BCUT2D eigenvalue weighted by Crippen LogP contribution is 2.28. The van der Waals surface area contributed by atoms with Crippen LogP contribution in [0.2, 0.25) is 5.02 Å². The van der Waals surface area contributed by atoms with Crippen LogP contribution in [0.25, 0.3) is 16.7 Å². The number of rotatable bonds is 2. The van der Waals surface area contributed by atoms with Gasteiger partial charge in [0.15, 0.2) is 0 Å². The van der Waals surface area contributed by atoms with Crippen molar-refractivity contribution in [3.05, 3.63) is 58.9 Å². The molecule has 20 heavy (non-hydrogen) atoms. The van der Waals surface area contributed by atoms with E-state index in [1.165, 1.54) is 0 Å². The zero-order chi connectivity index (χ0) is 14.3. The third kappa shape index (κ3) is 1.85. The minimum absolute atomic E-state index is 0.0837. The molecule has 3 aromatic rings. The van der Waals surface area contributed by atoms with E-state index in [1.54, 1.807) is 18.2 Å². The summed E-state index contributed by atoms with van der Waals surface area (Å²) >= 11 is 6.03. The lowest BCUT2D eigenvalue weighted by Gasteiger charge is -2.11. The molecule has 0 atom stereocenters. The number of imidazole rings is 1. The van der Waals surface area contributed by atoms with Gasteiger partial charge in [0.25, 0.3) is 0 Å². The lowest BCUT2D eigenvalue weighted by Crippen LogP contribution is -2.07. The second-order valence-electron chi connectivity index (χ2n) is 4.42. The smallest absolute Gasteiger partial charge is 0.339 e. The topological polar surface area (TPSA) is 55.1 Å². The van der Waals surface area contributed by atoms with Crippen LogP contribution in [0, 0.1) is 6.92 Å². The Morgan fingerprint density at radius 1 is 1.20 bits per heavy atom. The van der Waals surface area contributed by atoms with E-state index < -0.39 is 5.97 Å². The number of benzene rings is 2. The first-order chi connectivity index (χ1) is 9.59. The van der Waals surface area contributed by atoms with Crippen LogP contribution < -0.4 is 0 Å². The molecule has 5 heteroatoms. The summed E-state index contributed by atoms with van der Waals surface area (Å²) in [6.45, 7) is 1.84. The highest BCUT2D eigenvalue weighted by atomic mass is 35.5. The third-order valence-corrected chi connectivity index (χ3v) is 3.49. The molecule has 0 aliphatic carbocycles. The van der Waals surface area contributed by atoms with E-state index in [4.69, 9.17) is 11.6 Å². The van der Waals surface area contributed by atoms with Gasteiger partial charge in [0.2, 0.25) is 0 Å². The van der Waals surface area contributed by atoms with Crippen molar-refractivity contribution in [1.29, 1.82) is 0 Å². The number of halogens is 1. The average molecular weight is 287 g/mol. The lowest BCUT2D eigenvalue weighted by atomic mass is 10.1. The number of aromatic nitrogens is 2. The molecule has 0 unspecified atom stereocenters. The monoisotopic (exact) mass is 286 g/mol. The van der Waals surface area contributed by atoms with Crippen molar-refractivity contribution in [1.82, 2.24) is 9.55 Å². The number of carboxylic acid groups (broad SMARTS) is 1. The van der Waals surface area contributed by atoms with Crippen LogP contribution in [-0.4, -0.2) is 20.6 Å². The first kappa shape index (κ1) is 12.7. The standard InChI is InChI=1S/C15H11ClN2O2/c1-9-17-11-6-2-3-7-12(11)18(9)13-8-4-5-10(16)14(13)15(19)20/h2-8H,1H3,(H,19,20). The van der Waals surface area contributed by atoms with Crippen molar-refractivity contribution in [3.8, 4) is 5.69 Å². The fourth-order valence-electron chi connectivity index (χ4n) is 2.36. The van der Waals surface area contributed by atoms with Crippen LogP contribution in [0.5, 0.6) is 0 Å². The molecule has 0 amide bonds. The van der Waals surface area contributed by atoms with Crippen LogP contribution in [0.15, 0.2) is 42.5 Å². The van der Waals surface area contributed by atoms with Crippen molar-refractivity contribution in [2.45, 2.75) is 6.92 Å². The number of carbonyl (C=O) groups is 1. The van der Waals surface area contributed by atoms with Gasteiger partial charge in [-0.15, -0.1) is 0 Å². The van der Waals surface area contributed by atoms with Crippen molar-refractivity contribution in [2.24, 2.45) is 0 Å². The number of aryl methyl sites for hydroxylation is 1. The molecule has 100 valence electrons. The molecule has 0 aliphatic heterocycles. The largest absolute Gasteiger partial charge is 0.478 e. The molecule has 0 aliphatic rings. The van der Waals surface area contributed by atoms with Gasteiger partial charge < -0.3 is 5.11 Å². The summed E-state index contributed by atoms with van der Waals surface area (Å²) in [5.74, 6) is -0.334. The van der Waals surface area contributed by atoms with Gasteiger partial charge in [-0.3, -0.25) is 4.57 Å². The molecule has 4 nitrogen and oxygen atoms in total. The molecule has 0 saturated carbocycles. The fourth-order valence-corrected chi connectivity index (χ4v) is 2.61. The number of nitrogens with zero attached hydrogens (tertiary/aromatic N) is 2. The van der Waals surface area contributed by atoms with Crippen LogP contribution in [-0.2, 0) is 0 Å². The van der Waals surface area contributed by atoms with E-state index in [2.05, 4.69) is 4.98 Å². The zero-order valence-electron chi connectivity index (χ0n) is 10.7. The first-order valence-electron chi connectivity index (χ1n) is 6.06. The van der Waals surface area contributed by atoms with Gasteiger partial charge in [-0.2, -0.15) is 0 Å². The Balaban J connectivity index is 2.40. The van der Waals surface area contributed by atoms with Crippen LogP contribution in [0.4, 0.5) is 0 Å². The lowest BCUT2D eigenvalue weighted by molar-refractivity contribution is 0.0697. The van der Waals surface area contributed by atoms with Gasteiger partial charge in [-0.25, -0.2) is 9.78 Å². The van der Waals surface area contributed by atoms with E-state index in [9.17, 15) is 9.90 Å². The first-order valence-corrected chi connectivity index (χ1v) is 6.43. The predicted octanol–water partition coefficient (Wildman–Crippen LogP) is 3.69. The van der Waals surface area contributed by atoms with Gasteiger partial charge in [-0.1, -0.05) is 29.8 Å². The van der Waals surface area contributed by atoms with E-state index in [0.717, 1.165) is 16.9 Å². The van der Waals surface area contributed by atoms with Crippen LogP contribution >= 0.6 is 11.6 Å². The maximum absolute atomic E-state index is 11.5. The SMILES string of the molecule is Cc1nc2ccccc2n1-c1cccc(Cl)c1C(=O)O. The molecule has 0 bridgehead atoms. The molecular formula is C15H11ClN2O2. The zero-order valence-corrected chi connectivity index (χ0v) is 11.4. The Hall–Kier alpha value is -2.33. The Labute approximate surface area is 120 Å². The fraction of sp³-hybridized carbons (Fsp3) is 0.0667. The number of carboxylic acids is 1. The van der Waals surface area contributed by atoms with E-state index in [1.807, 2.05) is 35.8 Å². The number of para-hydroxylation sites is 2. The van der Waals surface area contributed by atoms with Crippen molar-refractivity contribution in [3.63, 3.8) is 0 Å². The maximum Gasteiger partial charge on any atom is 0.339 e. The minimum atomic E-state index is -1.05. The molecule has 3 rings (SSSR count).